The lowest BCUT2D eigenvalue weighted by molar-refractivity contribution is -0.130. The van der Waals surface area contributed by atoms with E-state index in [9.17, 15) is 0 Å². The average Bonchev–Trinajstić information content (AvgIpc) is 3.07. The van der Waals surface area contributed by atoms with E-state index in [0.717, 1.165) is 19.7 Å². The van der Waals surface area contributed by atoms with Crippen LogP contribution in [0.25, 0.3) is 0 Å². The fourth-order valence-electron chi connectivity index (χ4n) is 4.12. The van der Waals surface area contributed by atoms with Gasteiger partial charge in [0.1, 0.15) is 0 Å². The molecular formula is C16H27N3O. The van der Waals surface area contributed by atoms with Crippen molar-refractivity contribution in [2.45, 2.75) is 64.6 Å². The lowest BCUT2D eigenvalue weighted by atomic mass is 9.60. The molecule has 0 aromatic carbocycles. The summed E-state index contributed by atoms with van der Waals surface area (Å²) >= 11 is 0. The number of hydrogen-bond donors (Lipinski definition) is 1. The minimum Gasteiger partial charge on any atom is -0.378 e. The molecule has 2 aliphatic rings. The predicted octanol–water partition coefficient (Wildman–Crippen LogP) is 2.52. The molecule has 0 bridgehead atoms. The highest BCUT2D eigenvalue weighted by Crippen LogP contribution is 2.54. The first-order valence-electron chi connectivity index (χ1n) is 8.08. The van der Waals surface area contributed by atoms with Gasteiger partial charge in [0.05, 0.1) is 18.8 Å². The molecule has 2 atom stereocenters. The molecular weight excluding hydrogens is 250 g/mol. The normalized spacial score (nSPS) is 27.9. The van der Waals surface area contributed by atoms with Crippen molar-refractivity contribution < 1.29 is 4.74 Å². The van der Waals surface area contributed by atoms with Crippen LogP contribution in [-0.2, 0) is 11.3 Å². The van der Waals surface area contributed by atoms with Crippen molar-refractivity contribution in [3.05, 3.63) is 18.0 Å². The first-order chi connectivity index (χ1) is 9.74. The number of aryl methyl sites for hydroxylation is 1. The molecule has 2 fully saturated rings. The highest BCUT2D eigenvalue weighted by molar-refractivity contribution is 5.10. The van der Waals surface area contributed by atoms with E-state index < -0.39 is 0 Å². The van der Waals surface area contributed by atoms with Gasteiger partial charge in [0, 0.05) is 30.8 Å². The second-order valence-corrected chi connectivity index (χ2v) is 6.41. The quantitative estimate of drug-likeness (QED) is 0.868. The Morgan fingerprint density at radius 3 is 2.90 bits per heavy atom. The van der Waals surface area contributed by atoms with Crippen LogP contribution in [0.15, 0.2) is 12.4 Å². The summed E-state index contributed by atoms with van der Waals surface area (Å²) in [7, 11) is 0. The van der Waals surface area contributed by atoms with Crippen molar-refractivity contribution in [2.75, 3.05) is 13.2 Å². The monoisotopic (exact) mass is 277 g/mol. The van der Waals surface area contributed by atoms with E-state index in [-0.39, 0.29) is 0 Å². The van der Waals surface area contributed by atoms with Gasteiger partial charge in [-0.1, -0.05) is 12.8 Å². The molecule has 4 heteroatoms. The molecule has 1 heterocycles. The van der Waals surface area contributed by atoms with Crippen molar-refractivity contribution in [2.24, 2.45) is 5.41 Å². The molecule has 2 saturated carbocycles. The largest absolute Gasteiger partial charge is 0.378 e. The lowest BCUT2D eigenvalue weighted by Crippen LogP contribution is -2.63. The topological polar surface area (TPSA) is 39.1 Å². The number of rotatable bonds is 6. The SMILES string of the molecule is CCOC1CC(NCCn2cc(C)cn2)C12CCCC2. The van der Waals surface area contributed by atoms with E-state index >= 15 is 0 Å². The lowest BCUT2D eigenvalue weighted by Gasteiger charge is -2.54. The summed E-state index contributed by atoms with van der Waals surface area (Å²) in [5, 5.41) is 8.10. The van der Waals surface area contributed by atoms with Crippen LogP contribution >= 0.6 is 0 Å². The minimum atomic E-state index is 0.441. The minimum absolute atomic E-state index is 0.441. The Morgan fingerprint density at radius 1 is 1.45 bits per heavy atom. The van der Waals surface area contributed by atoms with Crippen LogP contribution in [0.5, 0.6) is 0 Å². The van der Waals surface area contributed by atoms with Gasteiger partial charge in [0.15, 0.2) is 0 Å². The third-order valence-corrected chi connectivity index (χ3v) is 5.18. The highest BCUT2D eigenvalue weighted by Gasteiger charge is 2.56. The van der Waals surface area contributed by atoms with Crippen LogP contribution in [0.1, 0.15) is 44.6 Å². The molecule has 0 saturated heterocycles. The summed E-state index contributed by atoms with van der Waals surface area (Å²) in [5.41, 5.74) is 1.67. The maximum Gasteiger partial charge on any atom is 0.0661 e. The molecule has 112 valence electrons. The number of nitrogens with one attached hydrogen (secondary N) is 1. The molecule has 1 aromatic rings. The summed E-state index contributed by atoms with van der Waals surface area (Å²) in [6, 6.07) is 0.651. The van der Waals surface area contributed by atoms with Crippen LogP contribution in [0.2, 0.25) is 0 Å². The zero-order valence-corrected chi connectivity index (χ0v) is 12.8. The van der Waals surface area contributed by atoms with Gasteiger partial charge in [-0.05, 0) is 38.7 Å². The van der Waals surface area contributed by atoms with Crippen LogP contribution in [0, 0.1) is 12.3 Å². The maximum absolute atomic E-state index is 5.96. The second-order valence-electron chi connectivity index (χ2n) is 6.41. The molecule has 2 unspecified atom stereocenters. The van der Waals surface area contributed by atoms with Crippen molar-refractivity contribution in [3.8, 4) is 0 Å². The molecule has 4 nitrogen and oxygen atoms in total. The predicted molar refractivity (Wildman–Crippen MR) is 79.7 cm³/mol. The standard InChI is InChI=1S/C16H27N3O/c1-3-20-15-10-14(16(15)6-4-5-7-16)17-8-9-19-12-13(2)11-18-19/h11-12,14-15,17H,3-10H2,1-2H3. The summed E-state index contributed by atoms with van der Waals surface area (Å²) in [5.74, 6) is 0. The number of nitrogens with zero attached hydrogens (tertiary/aromatic N) is 2. The van der Waals surface area contributed by atoms with Gasteiger partial charge in [-0.2, -0.15) is 5.10 Å². The highest BCUT2D eigenvalue weighted by atomic mass is 16.5. The first kappa shape index (κ1) is 14.1. The Labute approximate surface area is 121 Å². The molecule has 2 aliphatic carbocycles. The van der Waals surface area contributed by atoms with Crippen molar-refractivity contribution in [3.63, 3.8) is 0 Å². The third kappa shape index (κ3) is 2.51. The van der Waals surface area contributed by atoms with Crippen molar-refractivity contribution >= 4 is 0 Å². The average molecular weight is 277 g/mol. The van der Waals surface area contributed by atoms with Gasteiger partial charge in [-0.15, -0.1) is 0 Å². The summed E-state index contributed by atoms with van der Waals surface area (Å²) < 4.78 is 7.99. The molecule has 1 aromatic heterocycles. The van der Waals surface area contributed by atoms with Gasteiger partial charge in [-0.25, -0.2) is 0 Å². The van der Waals surface area contributed by atoms with E-state index in [1.54, 1.807) is 0 Å². The van der Waals surface area contributed by atoms with E-state index in [1.165, 1.54) is 37.7 Å². The Hall–Kier alpha value is -0.870. The second kappa shape index (κ2) is 5.86. The van der Waals surface area contributed by atoms with E-state index in [2.05, 4.69) is 30.5 Å². The van der Waals surface area contributed by atoms with Crippen molar-refractivity contribution in [1.29, 1.82) is 0 Å². The van der Waals surface area contributed by atoms with E-state index in [4.69, 9.17) is 4.74 Å². The zero-order chi connectivity index (χ0) is 14.0. The molecule has 1 spiro atoms. The molecule has 20 heavy (non-hydrogen) atoms. The Kier molecular flexibility index (Phi) is 4.13. The number of aromatic nitrogens is 2. The molecule has 0 amide bonds. The third-order valence-electron chi connectivity index (χ3n) is 5.18. The molecule has 1 N–H and O–H groups in total. The Balaban J connectivity index is 1.50. The van der Waals surface area contributed by atoms with E-state index in [0.29, 0.717) is 17.6 Å². The van der Waals surface area contributed by atoms with Gasteiger partial charge in [-0.3, -0.25) is 4.68 Å². The fraction of sp³-hybridized carbons (Fsp3) is 0.812. The van der Waals surface area contributed by atoms with Gasteiger partial charge < -0.3 is 10.1 Å². The maximum atomic E-state index is 5.96. The zero-order valence-electron chi connectivity index (χ0n) is 12.8. The molecule has 3 rings (SSSR count). The van der Waals surface area contributed by atoms with Crippen LogP contribution < -0.4 is 5.32 Å². The number of ether oxygens (including phenoxy) is 1. The Morgan fingerprint density at radius 2 is 2.25 bits per heavy atom. The van der Waals surface area contributed by atoms with Crippen molar-refractivity contribution in [1.82, 2.24) is 15.1 Å². The first-order valence-corrected chi connectivity index (χ1v) is 8.08. The fourth-order valence-corrected chi connectivity index (χ4v) is 4.12. The summed E-state index contributed by atoms with van der Waals surface area (Å²) in [6.07, 6.45) is 11.2. The summed E-state index contributed by atoms with van der Waals surface area (Å²) in [6.45, 7) is 7.02. The van der Waals surface area contributed by atoms with E-state index in [1.807, 2.05) is 10.9 Å². The van der Waals surface area contributed by atoms with Crippen LogP contribution in [0.4, 0.5) is 0 Å². The van der Waals surface area contributed by atoms with Crippen LogP contribution in [-0.4, -0.2) is 35.1 Å². The number of hydrogen-bond acceptors (Lipinski definition) is 3. The van der Waals surface area contributed by atoms with Gasteiger partial charge >= 0.3 is 0 Å². The summed E-state index contributed by atoms with van der Waals surface area (Å²) in [4.78, 5) is 0. The van der Waals surface area contributed by atoms with Gasteiger partial charge in [0.2, 0.25) is 0 Å². The van der Waals surface area contributed by atoms with Crippen LogP contribution in [0.3, 0.4) is 0 Å². The molecule has 0 radical (unpaired) electrons. The smallest absolute Gasteiger partial charge is 0.0661 e. The van der Waals surface area contributed by atoms with Gasteiger partial charge in [0.25, 0.3) is 0 Å². The Bertz CT molecular complexity index is 437. The molecule has 0 aliphatic heterocycles.